The zero-order chi connectivity index (χ0) is 23.5. The molecule has 0 bridgehead atoms. The fraction of sp³-hybridized carbons (Fsp3) is 0.148. The summed E-state index contributed by atoms with van der Waals surface area (Å²) in [7, 11) is 0. The summed E-state index contributed by atoms with van der Waals surface area (Å²) >= 11 is 1.26. The van der Waals surface area contributed by atoms with Gasteiger partial charge in [0.15, 0.2) is 5.69 Å². The lowest BCUT2D eigenvalue weighted by atomic mass is 9.94. The van der Waals surface area contributed by atoms with E-state index in [1.54, 1.807) is 4.68 Å². The van der Waals surface area contributed by atoms with Crippen molar-refractivity contribution in [3.63, 3.8) is 0 Å². The summed E-state index contributed by atoms with van der Waals surface area (Å²) in [5.74, 6) is -1.05. The summed E-state index contributed by atoms with van der Waals surface area (Å²) in [5, 5.41) is 16.2. The Morgan fingerprint density at radius 3 is 2.58 bits per heavy atom. The third-order valence-corrected chi connectivity index (χ3v) is 6.40. The molecule has 4 rings (SSSR count). The maximum Gasteiger partial charge on any atom is 0.355 e. The molecule has 0 aliphatic rings. The van der Waals surface area contributed by atoms with Crippen molar-refractivity contribution < 1.29 is 9.90 Å². The van der Waals surface area contributed by atoms with Gasteiger partial charge in [0.05, 0.1) is 5.69 Å². The van der Waals surface area contributed by atoms with Gasteiger partial charge >= 0.3 is 5.97 Å². The predicted octanol–water partition coefficient (Wildman–Crippen LogP) is 6.49. The Morgan fingerprint density at radius 2 is 1.94 bits per heavy atom. The highest BCUT2D eigenvalue weighted by Gasteiger charge is 2.17. The number of rotatable bonds is 7. The van der Waals surface area contributed by atoms with Crippen molar-refractivity contribution in [2.45, 2.75) is 27.2 Å². The van der Waals surface area contributed by atoms with E-state index in [4.69, 9.17) is 5.10 Å². The van der Waals surface area contributed by atoms with Gasteiger partial charge in [-0.25, -0.2) is 14.5 Å². The summed E-state index contributed by atoms with van der Waals surface area (Å²) < 4.78 is 1.68. The first-order valence-electron chi connectivity index (χ1n) is 10.6. The van der Waals surface area contributed by atoms with Crippen LogP contribution in [0.15, 0.2) is 72.8 Å². The third kappa shape index (κ3) is 4.71. The van der Waals surface area contributed by atoms with Crippen LogP contribution in [0.1, 0.15) is 45.2 Å². The number of carbonyl (C=O) groups is 1. The zero-order valence-electron chi connectivity index (χ0n) is 18.9. The van der Waals surface area contributed by atoms with Crippen LogP contribution in [-0.4, -0.2) is 25.8 Å². The van der Waals surface area contributed by atoms with E-state index in [1.165, 1.54) is 27.8 Å². The highest BCUT2D eigenvalue weighted by atomic mass is 32.1. The normalized spacial score (nSPS) is 11.5. The van der Waals surface area contributed by atoms with Crippen LogP contribution in [-0.2, 0) is 6.42 Å². The minimum atomic E-state index is -1.05. The molecule has 33 heavy (non-hydrogen) atoms. The molecule has 0 spiro atoms. The Balaban J connectivity index is 1.84. The number of benzene rings is 2. The standard InChI is InChI=1S/C27H25N3O2S/c1-5-20(6-2)23-14-21(12-9-18(23)4)25-22(13-19-10-7-17(3)8-11-19)15-30(29-25)27-28-24(16-33-27)26(31)32/h5-12,14-16H,1,13H2,2-4H3,(H,31,32)/b20-6+. The SMILES string of the molecule is C=C/C(=C\C)c1cc(-c2nn(-c3nc(C(=O)O)cs3)cc2Cc2ccc(C)cc2)ccc1C. The Labute approximate surface area is 197 Å². The number of nitrogens with zero attached hydrogens (tertiary/aromatic N) is 3. The Morgan fingerprint density at radius 1 is 1.18 bits per heavy atom. The average molecular weight is 456 g/mol. The fourth-order valence-corrected chi connectivity index (χ4v) is 4.46. The number of aromatic carboxylic acids is 1. The van der Waals surface area contributed by atoms with E-state index < -0.39 is 5.97 Å². The van der Waals surface area contributed by atoms with Crippen molar-refractivity contribution in [3.05, 3.63) is 106 Å². The van der Waals surface area contributed by atoms with Crippen LogP contribution in [0.3, 0.4) is 0 Å². The fourth-order valence-electron chi connectivity index (χ4n) is 3.74. The maximum absolute atomic E-state index is 11.3. The molecule has 2 aromatic heterocycles. The lowest BCUT2D eigenvalue weighted by molar-refractivity contribution is 0.0691. The summed E-state index contributed by atoms with van der Waals surface area (Å²) in [6, 6.07) is 14.8. The number of thiazole rings is 1. The third-order valence-electron chi connectivity index (χ3n) is 5.57. The van der Waals surface area contributed by atoms with Crippen molar-refractivity contribution in [3.8, 4) is 16.4 Å². The van der Waals surface area contributed by atoms with Crippen LogP contribution in [0, 0.1) is 13.8 Å². The molecule has 0 radical (unpaired) electrons. The number of hydrogen-bond donors (Lipinski definition) is 1. The minimum absolute atomic E-state index is 0.0217. The van der Waals surface area contributed by atoms with Gasteiger partial charge in [0.2, 0.25) is 5.13 Å². The molecule has 166 valence electrons. The molecule has 0 saturated heterocycles. The first-order chi connectivity index (χ1) is 15.9. The van der Waals surface area contributed by atoms with Crippen molar-refractivity contribution >= 4 is 22.9 Å². The lowest BCUT2D eigenvalue weighted by Gasteiger charge is -2.10. The van der Waals surface area contributed by atoms with Gasteiger partial charge in [-0.15, -0.1) is 11.3 Å². The van der Waals surface area contributed by atoms with Crippen molar-refractivity contribution in [2.75, 3.05) is 0 Å². The molecular formula is C27H25N3O2S. The van der Waals surface area contributed by atoms with Crippen LogP contribution in [0.2, 0.25) is 0 Å². The number of hydrogen-bond acceptors (Lipinski definition) is 4. The Kier molecular flexibility index (Phi) is 6.38. The van der Waals surface area contributed by atoms with E-state index in [-0.39, 0.29) is 5.69 Å². The van der Waals surface area contributed by atoms with E-state index in [9.17, 15) is 9.90 Å². The van der Waals surface area contributed by atoms with Gasteiger partial charge in [-0.1, -0.05) is 60.7 Å². The molecule has 0 unspecified atom stereocenters. The highest BCUT2D eigenvalue weighted by Crippen LogP contribution is 2.31. The van der Waals surface area contributed by atoms with Gasteiger partial charge in [0.1, 0.15) is 0 Å². The van der Waals surface area contributed by atoms with Crippen LogP contribution >= 0.6 is 11.3 Å². The molecule has 6 heteroatoms. The molecule has 4 aromatic rings. The van der Waals surface area contributed by atoms with E-state index in [0.29, 0.717) is 11.6 Å². The second-order valence-electron chi connectivity index (χ2n) is 7.91. The van der Waals surface area contributed by atoms with Gasteiger partial charge in [-0.3, -0.25) is 0 Å². The molecule has 0 amide bonds. The Hall–Kier alpha value is -3.77. The van der Waals surface area contributed by atoms with E-state index in [2.05, 4.69) is 67.9 Å². The second-order valence-corrected chi connectivity index (χ2v) is 8.74. The lowest BCUT2D eigenvalue weighted by Crippen LogP contribution is -1.99. The second kappa shape index (κ2) is 9.38. The van der Waals surface area contributed by atoms with E-state index >= 15 is 0 Å². The van der Waals surface area contributed by atoms with Gasteiger partial charge < -0.3 is 5.11 Å². The smallest absolute Gasteiger partial charge is 0.355 e. The van der Waals surface area contributed by atoms with Gasteiger partial charge in [0.25, 0.3) is 0 Å². The number of carboxylic acids is 1. The molecule has 0 fully saturated rings. The van der Waals surface area contributed by atoms with Crippen LogP contribution in [0.4, 0.5) is 0 Å². The van der Waals surface area contributed by atoms with E-state index in [0.717, 1.165) is 33.5 Å². The van der Waals surface area contributed by atoms with Gasteiger partial charge in [-0.05, 0) is 49.1 Å². The molecule has 2 heterocycles. The number of allylic oxidation sites excluding steroid dienone is 3. The number of carboxylic acid groups (broad SMARTS) is 1. The Bertz CT molecular complexity index is 1360. The van der Waals surface area contributed by atoms with Crippen LogP contribution < -0.4 is 0 Å². The summed E-state index contributed by atoms with van der Waals surface area (Å²) in [4.78, 5) is 15.5. The number of aryl methyl sites for hydroxylation is 2. The van der Waals surface area contributed by atoms with Crippen molar-refractivity contribution in [2.24, 2.45) is 0 Å². The largest absolute Gasteiger partial charge is 0.476 e. The molecule has 0 aliphatic carbocycles. The molecular weight excluding hydrogens is 430 g/mol. The summed E-state index contributed by atoms with van der Waals surface area (Å²) in [6.45, 7) is 10.1. The zero-order valence-corrected chi connectivity index (χ0v) is 19.7. The van der Waals surface area contributed by atoms with Crippen molar-refractivity contribution in [1.82, 2.24) is 14.8 Å². The molecule has 1 N–H and O–H groups in total. The predicted molar refractivity (Wildman–Crippen MR) is 134 cm³/mol. The molecule has 5 nitrogen and oxygen atoms in total. The monoisotopic (exact) mass is 455 g/mol. The van der Waals surface area contributed by atoms with Crippen molar-refractivity contribution in [1.29, 1.82) is 0 Å². The van der Waals surface area contributed by atoms with Crippen LogP contribution in [0.5, 0.6) is 0 Å². The number of aromatic nitrogens is 3. The van der Waals surface area contributed by atoms with Gasteiger partial charge in [0, 0.05) is 29.1 Å². The highest BCUT2D eigenvalue weighted by molar-refractivity contribution is 7.12. The van der Waals surface area contributed by atoms with E-state index in [1.807, 2.05) is 25.3 Å². The average Bonchev–Trinajstić information content (AvgIpc) is 3.45. The van der Waals surface area contributed by atoms with Gasteiger partial charge in [-0.2, -0.15) is 5.10 Å². The summed E-state index contributed by atoms with van der Waals surface area (Å²) in [6.07, 6.45) is 6.56. The maximum atomic E-state index is 11.3. The minimum Gasteiger partial charge on any atom is -0.476 e. The summed E-state index contributed by atoms with van der Waals surface area (Å²) in [5.41, 5.74) is 8.65. The molecule has 2 aromatic carbocycles. The topological polar surface area (TPSA) is 68.0 Å². The molecule has 0 atom stereocenters. The molecule has 0 saturated carbocycles. The first kappa shape index (κ1) is 22.4. The first-order valence-corrected chi connectivity index (χ1v) is 11.5. The van der Waals surface area contributed by atoms with Crippen LogP contribution in [0.25, 0.3) is 22.0 Å². The quantitative estimate of drug-likeness (QED) is 0.323. The molecule has 0 aliphatic heterocycles.